The highest BCUT2D eigenvalue weighted by atomic mass is 16.7. The summed E-state index contributed by atoms with van der Waals surface area (Å²) in [7, 11) is 0. The summed E-state index contributed by atoms with van der Waals surface area (Å²) < 4.78 is 12.7. The van der Waals surface area contributed by atoms with Gasteiger partial charge in [-0.15, -0.1) is 0 Å². The van der Waals surface area contributed by atoms with Crippen LogP contribution >= 0.6 is 0 Å². The molecule has 272 valence electrons. The van der Waals surface area contributed by atoms with Gasteiger partial charge in [-0.1, -0.05) is 60.1 Å². The fraction of sp³-hybridized carbons (Fsp3) is 0.895. The van der Waals surface area contributed by atoms with Crippen LogP contribution in [0.4, 0.5) is 0 Å². The Morgan fingerprint density at radius 3 is 2.27 bits per heavy atom. The van der Waals surface area contributed by atoms with Crippen LogP contribution in [0.3, 0.4) is 0 Å². The van der Waals surface area contributed by atoms with Crippen molar-refractivity contribution in [2.75, 3.05) is 6.61 Å². The number of amides is 1. The van der Waals surface area contributed by atoms with Gasteiger partial charge in [0.2, 0.25) is 5.91 Å². The molecule has 0 bridgehead atoms. The number of allylic oxidation sites excluding steroid dienone is 2. The van der Waals surface area contributed by atoms with Crippen molar-refractivity contribution in [1.29, 1.82) is 0 Å². The van der Waals surface area contributed by atoms with Crippen LogP contribution in [0.15, 0.2) is 11.6 Å². The van der Waals surface area contributed by atoms with Gasteiger partial charge in [0.05, 0.1) is 24.7 Å². The van der Waals surface area contributed by atoms with Crippen LogP contribution in [0.25, 0.3) is 0 Å². The van der Waals surface area contributed by atoms with Gasteiger partial charge in [0, 0.05) is 12.8 Å². The van der Waals surface area contributed by atoms with Crippen LogP contribution in [0.1, 0.15) is 107 Å². The van der Waals surface area contributed by atoms with Gasteiger partial charge in [0.1, 0.15) is 24.4 Å². The van der Waals surface area contributed by atoms with E-state index in [0.29, 0.717) is 24.7 Å². The molecule has 10 nitrogen and oxygen atoms in total. The number of hydrogen-bond donors (Lipinski definition) is 6. The second-order valence-electron chi connectivity index (χ2n) is 18.7. The van der Waals surface area contributed by atoms with Crippen molar-refractivity contribution < 1.29 is 44.6 Å². The van der Waals surface area contributed by atoms with E-state index in [-0.39, 0.29) is 50.9 Å². The van der Waals surface area contributed by atoms with Crippen LogP contribution in [0.5, 0.6) is 0 Å². The summed E-state index contributed by atoms with van der Waals surface area (Å²) >= 11 is 0. The summed E-state index contributed by atoms with van der Waals surface area (Å²) in [5.74, 6) is -1.21. The molecule has 0 spiro atoms. The Kier molecular flexibility index (Phi) is 9.07. The Labute approximate surface area is 286 Å². The number of aliphatic hydroxyl groups is 4. The molecule has 4 saturated carbocycles. The molecule has 0 aromatic carbocycles. The molecule has 1 saturated heterocycles. The minimum absolute atomic E-state index is 0.0214. The van der Waals surface area contributed by atoms with Crippen LogP contribution in [-0.2, 0) is 19.1 Å². The van der Waals surface area contributed by atoms with Gasteiger partial charge in [-0.25, -0.2) is 0 Å². The van der Waals surface area contributed by atoms with E-state index >= 15 is 0 Å². The summed E-state index contributed by atoms with van der Waals surface area (Å²) in [6.45, 7) is 17.0. The lowest BCUT2D eigenvalue weighted by molar-refractivity contribution is -0.307. The van der Waals surface area contributed by atoms with Gasteiger partial charge < -0.3 is 40.3 Å². The summed E-state index contributed by atoms with van der Waals surface area (Å²) in [4.78, 5) is 24.6. The number of nitrogens with one attached hydrogen (secondary N) is 1. The predicted octanol–water partition coefficient (Wildman–Crippen LogP) is 4.03. The van der Waals surface area contributed by atoms with Crippen molar-refractivity contribution in [2.45, 2.75) is 150 Å². The van der Waals surface area contributed by atoms with Gasteiger partial charge in [0.25, 0.3) is 0 Å². The molecule has 5 aliphatic carbocycles. The van der Waals surface area contributed by atoms with Gasteiger partial charge in [-0.2, -0.15) is 0 Å². The van der Waals surface area contributed by atoms with E-state index < -0.39 is 55.2 Å². The van der Waals surface area contributed by atoms with Crippen molar-refractivity contribution in [3.8, 4) is 0 Å². The van der Waals surface area contributed by atoms with Crippen LogP contribution in [0.2, 0.25) is 0 Å². The van der Waals surface area contributed by atoms with E-state index in [4.69, 9.17) is 9.47 Å². The monoisotopic (exact) mass is 675 g/mol. The first-order valence-corrected chi connectivity index (χ1v) is 18.4. The van der Waals surface area contributed by atoms with E-state index in [1.54, 1.807) is 0 Å². The average Bonchev–Trinajstić information content (AvgIpc) is 2.97. The second kappa shape index (κ2) is 12.0. The molecule has 0 aromatic heterocycles. The van der Waals surface area contributed by atoms with Crippen LogP contribution in [0, 0.1) is 56.7 Å². The third kappa shape index (κ3) is 5.33. The quantitative estimate of drug-likeness (QED) is 0.186. The Hall–Kier alpha value is -1.56. The molecule has 15 atom stereocenters. The summed E-state index contributed by atoms with van der Waals surface area (Å²) in [6, 6.07) is -0.979. The second-order valence-corrected chi connectivity index (χ2v) is 18.7. The van der Waals surface area contributed by atoms with Gasteiger partial charge in [0.15, 0.2) is 6.29 Å². The molecular formula is C38H61NO9. The first kappa shape index (κ1) is 36.2. The number of carbonyl (C=O) groups excluding carboxylic acids is 1. The zero-order chi connectivity index (χ0) is 35.4. The predicted molar refractivity (Wildman–Crippen MR) is 178 cm³/mol. The number of carboxylic acids is 1. The number of hydrogen-bond acceptors (Lipinski definition) is 8. The Bertz CT molecular complexity index is 1310. The first-order chi connectivity index (χ1) is 22.2. The molecule has 0 aromatic rings. The van der Waals surface area contributed by atoms with Gasteiger partial charge >= 0.3 is 5.97 Å². The summed E-state index contributed by atoms with van der Waals surface area (Å²) in [6.07, 6.45) is 3.45. The Balaban J connectivity index is 1.29. The lowest BCUT2D eigenvalue weighted by atomic mass is 9.34. The molecule has 1 heterocycles. The van der Waals surface area contributed by atoms with Gasteiger partial charge in [-0.05, 0) is 96.2 Å². The maximum atomic E-state index is 12.5. The molecular weight excluding hydrogens is 614 g/mol. The minimum Gasteiger partial charge on any atom is -0.481 e. The number of carboxylic acid groups (broad SMARTS) is 1. The molecule has 1 amide bonds. The zero-order valence-corrected chi connectivity index (χ0v) is 30.2. The van der Waals surface area contributed by atoms with Crippen LogP contribution < -0.4 is 5.32 Å². The number of aliphatic carboxylic acids is 1. The van der Waals surface area contributed by atoms with E-state index in [1.807, 2.05) is 0 Å². The molecule has 1 aliphatic heterocycles. The lowest BCUT2D eigenvalue weighted by Crippen LogP contribution is -2.67. The maximum absolute atomic E-state index is 12.5. The third-order valence-corrected chi connectivity index (χ3v) is 15.3. The van der Waals surface area contributed by atoms with Crippen molar-refractivity contribution in [3.05, 3.63) is 11.6 Å². The highest BCUT2D eigenvalue weighted by Crippen LogP contribution is 2.75. The first-order valence-electron chi connectivity index (χ1n) is 18.4. The highest BCUT2D eigenvalue weighted by Gasteiger charge is 2.69. The van der Waals surface area contributed by atoms with E-state index in [9.17, 15) is 35.1 Å². The van der Waals surface area contributed by atoms with E-state index in [1.165, 1.54) is 12.5 Å². The highest BCUT2D eigenvalue weighted by molar-refractivity contribution is 5.73. The number of rotatable bonds is 5. The maximum Gasteiger partial charge on any atom is 0.306 e. The Morgan fingerprint density at radius 2 is 1.65 bits per heavy atom. The summed E-state index contributed by atoms with van der Waals surface area (Å²) in [5, 5.41) is 56.1. The van der Waals surface area contributed by atoms with Crippen LogP contribution in [-0.4, -0.2) is 86.9 Å². The molecule has 48 heavy (non-hydrogen) atoms. The minimum atomic E-state index is -1.36. The summed E-state index contributed by atoms with van der Waals surface area (Å²) in [5.41, 5.74) is 0.655. The van der Waals surface area contributed by atoms with Crippen molar-refractivity contribution in [1.82, 2.24) is 5.32 Å². The molecule has 6 aliphatic rings. The third-order valence-electron chi connectivity index (χ3n) is 15.3. The fourth-order valence-corrected chi connectivity index (χ4v) is 12.9. The Morgan fingerprint density at radius 1 is 0.958 bits per heavy atom. The molecule has 10 heteroatoms. The van der Waals surface area contributed by atoms with Crippen molar-refractivity contribution in [3.63, 3.8) is 0 Å². The van der Waals surface area contributed by atoms with E-state index in [0.717, 1.165) is 38.5 Å². The molecule has 0 radical (unpaired) electrons. The zero-order valence-electron chi connectivity index (χ0n) is 30.2. The smallest absolute Gasteiger partial charge is 0.306 e. The normalized spacial score (nSPS) is 50.9. The average molecular weight is 676 g/mol. The largest absolute Gasteiger partial charge is 0.481 e. The van der Waals surface area contributed by atoms with Crippen molar-refractivity contribution in [2.24, 2.45) is 56.7 Å². The molecule has 5 fully saturated rings. The number of aliphatic hydroxyl groups excluding tert-OH is 4. The molecule has 6 rings (SSSR count). The molecule has 6 N–H and O–H groups in total. The number of ether oxygens (including phenoxy) is 2. The molecule has 0 unspecified atom stereocenters. The number of fused-ring (bicyclic) bond motifs is 7. The van der Waals surface area contributed by atoms with E-state index in [2.05, 4.69) is 59.9 Å². The van der Waals surface area contributed by atoms with Crippen molar-refractivity contribution >= 4 is 11.9 Å². The van der Waals surface area contributed by atoms with Gasteiger partial charge in [-0.3, -0.25) is 9.59 Å². The SMILES string of the molecule is CC(=O)N[C@H]1[C@H](O[C@H]2CC[C@@]3(C)[C@H](CC[C@]4(C)[C@@H]3CC=C3[C@H]5CC(C)(C)C[C@@H](C(=O)O)[C@@H]5[C@H](O)C[C@]34C)C2(C)C)O[C@H](CO)[C@@H](O)[C@@H]1O. The lowest BCUT2D eigenvalue weighted by Gasteiger charge is -2.71. The topological polar surface area (TPSA) is 166 Å². The standard InChI is InChI=1S/C38H61NO9/c1-19(41)39-29-31(44)30(43)24(18-40)47-33(29)48-27-12-13-36(6)25(35(27,4)5)11-14-37(7)26(36)10-9-22-20-15-34(2,3)16-21(32(45)46)28(20)23(42)17-38(22,37)8/h9,20-21,23-31,33,40,42-44H,10-18H2,1-8H3,(H,39,41)(H,45,46)/t20-,21-,23-,24-,25-,26-,27+,28-,29-,30-,31-,33+,36+,37-,38-/m1/s1. The number of carbonyl (C=O) groups is 2. The fourth-order valence-electron chi connectivity index (χ4n) is 12.9.